The molecule has 3 rings (SSSR count). The minimum Gasteiger partial charge on any atom is -0.497 e. The van der Waals surface area contributed by atoms with Crippen LogP contribution in [0.1, 0.15) is 17.4 Å². The summed E-state index contributed by atoms with van der Waals surface area (Å²) in [6, 6.07) is 10.1. The van der Waals surface area contributed by atoms with E-state index < -0.39 is 17.5 Å². The predicted octanol–water partition coefficient (Wildman–Crippen LogP) is 1.84. The molecule has 0 bridgehead atoms. The topological polar surface area (TPSA) is 87.7 Å². The lowest BCUT2D eigenvalue weighted by atomic mass is 9.92. The van der Waals surface area contributed by atoms with E-state index in [1.165, 1.54) is 11.3 Å². The number of rotatable bonds is 6. The Kier molecular flexibility index (Phi) is 4.94. The van der Waals surface area contributed by atoms with Crippen molar-refractivity contribution in [3.63, 3.8) is 0 Å². The van der Waals surface area contributed by atoms with Crippen molar-refractivity contribution in [2.75, 3.05) is 13.7 Å². The summed E-state index contributed by atoms with van der Waals surface area (Å²) in [5.74, 6) is -0.196. The van der Waals surface area contributed by atoms with Crippen molar-refractivity contribution in [2.24, 2.45) is 0 Å². The number of hydrogen-bond donors (Lipinski definition) is 2. The van der Waals surface area contributed by atoms with Crippen molar-refractivity contribution in [2.45, 2.75) is 19.0 Å². The summed E-state index contributed by atoms with van der Waals surface area (Å²) in [6.45, 7) is 1.68. The minimum absolute atomic E-state index is 0.318. The van der Waals surface area contributed by atoms with Crippen LogP contribution in [0.15, 0.2) is 41.8 Å². The number of benzene rings is 1. The highest BCUT2D eigenvalue weighted by molar-refractivity contribution is 7.09. The second-order valence-electron chi connectivity index (χ2n) is 6.03. The van der Waals surface area contributed by atoms with Gasteiger partial charge in [-0.25, -0.2) is 4.79 Å². The molecule has 1 atom stereocenters. The van der Waals surface area contributed by atoms with E-state index in [2.05, 4.69) is 10.6 Å². The summed E-state index contributed by atoms with van der Waals surface area (Å²) in [4.78, 5) is 39.1. The van der Waals surface area contributed by atoms with Gasteiger partial charge in [-0.1, -0.05) is 18.2 Å². The van der Waals surface area contributed by atoms with Crippen LogP contribution in [-0.4, -0.2) is 36.4 Å². The standard InChI is InChI=1S/C18H19N3O4S/c1-18(12-5-7-13(25-2)8-6-12)16(23)21(17(24)20-18)11-15(22)19-10-14-4-3-9-26-14/h3-9H,10-11H2,1-2H3,(H,19,22)(H,20,24). The van der Waals surface area contributed by atoms with E-state index in [1.54, 1.807) is 38.3 Å². The molecule has 1 unspecified atom stereocenters. The first-order valence-electron chi connectivity index (χ1n) is 8.02. The van der Waals surface area contributed by atoms with Crippen LogP contribution in [0.25, 0.3) is 0 Å². The third kappa shape index (κ3) is 3.41. The van der Waals surface area contributed by atoms with Gasteiger partial charge in [0.2, 0.25) is 5.91 Å². The second-order valence-corrected chi connectivity index (χ2v) is 7.06. The van der Waals surface area contributed by atoms with E-state index in [4.69, 9.17) is 4.74 Å². The van der Waals surface area contributed by atoms with Gasteiger partial charge < -0.3 is 15.4 Å². The number of nitrogens with one attached hydrogen (secondary N) is 2. The number of amides is 4. The van der Waals surface area contributed by atoms with Crippen molar-refractivity contribution in [1.29, 1.82) is 0 Å². The molecule has 1 aromatic carbocycles. The van der Waals surface area contributed by atoms with E-state index in [0.29, 0.717) is 17.9 Å². The number of methoxy groups -OCH3 is 1. The molecule has 8 heteroatoms. The fourth-order valence-electron chi connectivity index (χ4n) is 2.76. The van der Waals surface area contributed by atoms with Gasteiger partial charge in [-0.15, -0.1) is 11.3 Å². The summed E-state index contributed by atoms with van der Waals surface area (Å²) in [5, 5.41) is 7.31. The van der Waals surface area contributed by atoms with Crippen molar-refractivity contribution in [1.82, 2.24) is 15.5 Å². The fourth-order valence-corrected chi connectivity index (χ4v) is 3.40. The van der Waals surface area contributed by atoms with Crippen LogP contribution in [0.3, 0.4) is 0 Å². The molecule has 1 saturated heterocycles. The molecule has 2 heterocycles. The molecule has 26 heavy (non-hydrogen) atoms. The van der Waals surface area contributed by atoms with Gasteiger partial charge in [-0.05, 0) is 36.1 Å². The highest BCUT2D eigenvalue weighted by Gasteiger charge is 2.49. The van der Waals surface area contributed by atoms with E-state index >= 15 is 0 Å². The lowest BCUT2D eigenvalue weighted by Crippen LogP contribution is -2.43. The maximum absolute atomic E-state index is 12.8. The van der Waals surface area contributed by atoms with Gasteiger partial charge in [0.25, 0.3) is 5.91 Å². The summed E-state index contributed by atoms with van der Waals surface area (Å²) >= 11 is 1.52. The van der Waals surface area contributed by atoms with Gasteiger partial charge >= 0.3 is 6.03 Å². The molecule has 1 aliphatic rings. The molecule has 0 radical (unpaired) electrons. The van der Waals surface area contributed by atoms with Crippen molar-refractivity contribution < 1.29 is 19.1 Å². The van der Waals surface area contributed by atoms with Gasteiger partial charge in [0.05, 0.1) is 13.7 Å². The van der Waals surface area contributed by atoms with Crippen LogP contribution in [-0.2, 0) is 21.7 Å². The van der Waals surface area contributed by atoms with Crippen molar-refractivity contribution in [3.8, 4) is 5.75 Å². The molecule has 1 aliphatic heterocycles. The Hall–Kier alpha value is -2.87. The Morgan fingerprint density at radius 2 is 2.00 bits per heavy atom. The molecule has 2 aromatic rings. The number of nitrogens with zero attached hydrogens (tertiary/aromatic N) is 1. The molecule has 7 nitrogen and oxygen atoms in total. The van der Waals surface area contributed by atoms with E-state index in [9.17, 15) is 14.4 Å². The molecule has 0 saturated carbocycles. The zero-order valence-electron chi connectivity index (χ0n) is 14.4. The largest absolute Gasteiger partial charge is 0.497 e. The van der Waals surface area contributed by atoms with Crippen molar-refractivity contribution >= 4 is 29.2 Å². The highest BCUT2D eigenvalue weighted by atomic mass is 32.1. The average molecular weight is 373 g/mol. The summed E-state index contributed by atoms with van der Waals surface area (Å²) in [5.41, 5.74) is -0.588. The molecule has 0 aliphatic carbocycles. The van der Waals surface area contributed by atoms with E-state index in [0.717, 1.165) is 9.78 Å². The number of imide groups is 1. The Balaban J connectivity index is 1.68. The van der Waals surface area contributed by atoms with Crippen LogP contribution >= 0.6 is 11.3 Å². The number of carbonyl (C=O) groups excluding carboxylic acids is 3. The molecule has 1 aromatic heterocycles. The Labute approximate surface area is 155 Å². The lowest BCUT2D eigenvalue weighted by Gasteiger charge is -2.22. The van der Waals surface area contributed by atoms with Crippen LogP contribution in [0, 0.1) is 0 Å². The SMILES string of the molecule is COc1ccc(C2(C)NC(=O)N(CC(=O)NCc3cccs3)C2=O)cc1. The molecule has 4 amide bonds. The summed E-state index contributed by atoms with van der Waals surface area (Å²) < 4.78 is 5.11. The van der Waals surface area contributed by atoms with Crippen LogP contribution < -0.4 is 15.4 Å². The Bertz CT molecular complexity index is 819. The first-order valence-corrected chi connectivity index (χ1v) is 8.90. The quantitative estimate of drug-likeness (QED) is 0.757. The second kappa shape index (κ2) is 7.17. The number of thiophene rings is 1. The fraction of sp³-hybridized carbons (Fsp3) is 0.278. The number of urea groups is 1. The lowest BCUT2D eigenvalue weighted by molar-refractivity contribution is -0.134. The first-order chi connectivity index (χ1) is 12.4. The molecule has 2 N–H and O–H groups in total. The smallest absolute Gasteiger partial charge is 0.325 e. The Morgan fingerprint density at radius 1 is 1.27 bits per heavy atom. The highest BCUT2D eigenvalue weighted by Crippen LogP contribution is 2.29. The van der Waals surface area contributed by atoms with E-state index in [1.807, 2.05) is 17.5 Å². The zero-order valence-corrected chi connectivity index (χ0v) is 15.3. The Morgan fingerprint density at radius 3 is 2.62 bits per heavy atom. The summed E-state index contributed by atoms with van der Waals surface area (Å²) in [6.07, 6.45) is 0. The molecular formula is C18H19N3O4S. The maximum Gasteiger partial charge on any atom is 0.325 e. The third-order valence-electron chi connectivity index (χ3n) is 4.28. The minimum atomic E-state index is -1.21. The first kappa shape index (κ1) is 17.9. The van der Waals surface area contributed by atoms with Gasteiger partial charge in [0.15, 0.2) is 0 Å². The van der Waals surface area contributed by atoms with Gasteiger partial charge in [0, 0.05) is 4.88 Å². The summed E-state index contributed by atoms with van der Waals surface area (Å²) in [7, 11) is 1.55. The third-order valence-corrected chi connectivity index (χ3v) is 5.16. The zero-order chi connectivity index (χ0) is 18.7. The number of hydrogen-bond acceptors (Lipinski definition) is 5. The van der Waals surface area contributed by atoms with Crippen LogP contribution in [0.4, 0.5) is 4.79 Å². The van der Waals surface area contributed by atoms with Crippen LogP contribution in [0.2, 0.25) is 0 Å². The normalized spacial score (nSPS) is 19.4. The monoisotopic (exact) mass is 373 g/mol. The molecule has 1 fully saturated rings. The molecular weight excluding hydrogens is 354 g/mol. The number of ether oxygens (including phenoxy) is 1. The van der Waals surface area contributed by atoms with Gasteiger partial charge in [-0.2, -0.15) is 0 Å². The molecule has 0 spiro atoms. The van der Waals surface area contributed by atoms with Crippen molar-refractivity contribution in [3.05, 3.63) is 52.2 Å². The number of carbonyl (C=O) groups is 3. The van der Waals surface area contributed by atoms with Gasteiger partial charge in [-0.3, -0.25) is 14.5 Å². The maximum atomic E-state index is 12.8. The predicted molar refractivity (Wildman–Crippen MR) is 96.8 cm³/mol. The van der Waals surface area contributed by atoms with E-state index in [-0.39, 0.29) is 12.5 Å². The molecule has 136 valence electrons. The average Bonchev–Trinajstić information content (AvgIpc) is 3.23. The van der Waals surface area contributed by atoms with Crippen LogP contribution in [0.5, 0.6) is 5.75 Å². The van der Waals surface area contributed by atoms with Gasteiger partial charge in [0.1, 0.15) is 17.8 Å².